The fraction of sp³-hybridized carbons (Fsp3) is 0.471. The molecule has 126 valence electrons. The number of nitrogens with one attached hydrogen (secondary N) is 3. The molecule has 6 heteroatoms. The number of aliphatic hydroxyl groups excluding tert-OH is 1. The van der Waals surface area contributed by atoms with E-state index in [2.05, 4.69) is 34.7 Å². The smallest absolute Gasteiger partial charge is 0.315 e. The van der Waals surface area contributed by atoms with Crippen molar-refractivity contribution < 1.29 is 9.90 Å². The van der Waals surface area contributed by atoms with Crippen molar-refractivity contribution in [3.05, 3.63) is 35.5 Å². The van der Waals surface area contributed by atoms with Gasteiger partial charge < -0.3 is 20.7 Å². The molecule has 1 aromatic heterocycles. The summed E-state index contributed by atoms with van der Waals surface area (Å²) in [6, 6.07) is 6.03. The van der Waals surface area contributed by atoms with Gasteiger partial charge in [0.15, 0.2) is 0 Å². The van der Waals surface area contributed by atoms with Crippen molar-refractivity contribution in [3.63, 3.8) is 0 Å². The van der Waals surface area contributed by atoms with E-state index in [0.717, 1.165) is 17.7 Å². The van der Waals surface area contributed by atoms with Gasteiger partial charge >= 0.3 is 6.03 Å². The standard InChI is InChI=1S/C17H25N3O2S/c1-12-4-3-5-15-16(12)13(10-19-15)6-8-18-17(22)20-14(7-9-21)11-23-2/h3-5,10,14,19,21H,6-9,11H2,1-2H3,(H2,18,20,22). The second-order valence-electron chi connectivity index (χ2n) is 5.63. The lowest BCUT2D eigenvalue weighted by Crippen LogP contribution is -2.44. The maximum absolute atomic E-state index is 11.9. The summed E-state index contributed by atoms with van der Waals surface area (Å²) in [6.07, 6.45) is 5.37. The van der Waals surface area contributed by atoms with Gasteiger partial charge in [0.2, 0.25) is 0 Å². The highest BCUT2D eigenvalue weighted by atomic mass is 32.2. The predicted molar refractivity (Wildman–Crippen MR) is 97.1 cm³/mol. The van der Waals surface area contributed by atoms with Crippen molar-refractivity contribution in [2.45, 2.75) is 25.8 Å². The molecule has 0 spiro atoms. The first-order valence-electron chi connectivity index (χ1n) is 7.85. The number of aryl methyl sites for hydroxylation is 1. The van der Waals surface area contributed by atoms with Crippen LogP contribution >= 0.6 is 11.8 Å². The number of fused-ring (bicyclic) bond motifs is 1. The van der Waals surface area contributed by atoms with E-state index >= 15 is 0 Å². The summed E-state index contributed by atoms with van der Waals surface area (Å²) in [5.74, 6) is 0.801. The van der Waals surface area contributed by atoms with Crippen LogP contribution in [0.4, 0.5) is 4.79 Å². The molecular weight excluding hydrogens is 310 g/mol. The average molecular weight is 335 g/mol. The van der Waals surface area contributed by atoms with Crippen molar-refractivity contribution in [1.29, 1.82) is 0 Å². The van der Waals surface area contributed by atoms with Crippen LogP contribution in [-0.4, -0.2) is 47.3 Å². The molecule has 4 N–H and O–H groups in total. The SMILES string of the molecule is CSCC(CCO)NC(=O)NCCc1c[nH]c2cccc(C)c12. The summed E-state index contributed by atoms with van der Waals surface area (Å²) < 4.78 is 0. The first-order chi connectivity index (χ1) is 11.2. The predicted octanol–water partition coefficient (Wildman–Crippen LogP) is 2.43. The molecule has 5 nitrogen and oxygen atoms in total. The number of carbonyl (C=O) groups is 1. The minimum atomic E-state index is -0.172. The Morgan fingerprint density at radius 3 is 3.00 bits per heavy atom. The Bertz CT molecular complexity index is 636. The number of hydrogen-bond donors (Lipinski definition) is 4. The van der Waals surface area contributed by atoms with Crippen LogP contribution in [0.3, 0.4) is 0 Å². The van der Waals surface area contributed by atoms with Crippen LogP contribution in [0.15, 0.2) is 24.4 Å². The van der Waals surface area contributed by atoms with E-state index < -0.39 is 0 Å². The molecule has 0 aliphatic rings. The van der Waals surface area contributed by atoms with E-state index in [4.69, 9.17) is 5.11 Å². The highest BCUT2D eigenvalue weighted by Crippen LogP contribution is 2.22. The van der Waals surface area contributed by atoms with Gasteiger partial charge in [-0.25, -0.2) is 4.79 Å². The Balaban J connectivity index is 1.85. The Labute approximate surface area is 141 Å². The van der Waals surface area contributed by atoms with Gasteiger partial charge in [-0.2, -0.15) is 11.8 Å². The van der Waals surface area contributed by atoms with Crippen molar-refractivity contribution in [3.8, 4) is 0 Å². The van der Waals surface area contributed by atoms with E-state index in [1.807, 2.05) is 18.5 Å². The molecule has 1 atom stereocenters. The van der Waals surface area contributed by atoms with E-state index in [1.165, 1.54) is 16.5 Å². The summed E-state index contributed by atoms with van der Waals surface area (Å²) in [5, 5.41) is 16.1. The van der Waals surface area contributed by atoms with Crippen LogP contribution in [-0.2, 0) is 6.42 Å². The third kappa shape index (κ3) is 4.91. The Kier molecular flexibility index (Phi) is 6.80. The van der Waals surface area contributed by atoms with Gasteiger partial charge in [-0.05, 0) is 43.2 Å². The van der Waals surface area contributed by atoms with Crippen LogP contribution in [0.1, 0.15) is 17.5 Å². The number of thioether (sulfide) groups is 1. The largest absolute Gasteiger partial charge is 0.396 e. The van der Waals surface area contributed by atoms with Crippen LogP contribution in [0.5, 0.6) is 0 Å². The number of H-pyrrole nitrogens is 1. The van der Waals surface area contributed by atoms with Crippen LogP contribution < -0.4 is 10.6 Å². The molecule has 0 saturated heterocycles. The minimum Gasteiger partial charge on any atom is -0.396 e. The summed E-state index contributed by atoms with van der Waals surface area (Å²) in [6.45, 7) is 2.76. The summed E-state index contributed by atoms with van der Waals surface area (Å²) in [4.78, 5) is 15.2. The molecule has 0 bridgehead atoms. The lowest BCUT2D eigenvalue weighted by molar-refractivity contribution is 0.231. The van der Waals surface area contributed by atoms with Crippen molar-refractivity contribution >= 4 is 28.7 Å². The summed E-state index contributed by atoms with van der Waals surface area (Å²) in [5.41, 5.74) is 3.59. The van der Waals surface area contributed by atoms with E-state index in [1.54, 1.807) is 11.8 Å². The molecule has 2 aromatic rings. The molecule has 2 amide bonds. The molecule has 2 rings (SSSR count). The number of aromatic amines is 1. The molecule has 1 aromatic carbocycles. The van der Waals surface area contributed by atoms with Crippen LogP contribution in [0, 0.1) is 6.92 Å². The maximum Gasteiger partial charge on any atom is 0.315 e. The lowest BCUT2D eigenvalue weighted by Gasteiger charge is -2.17. The average Bonchev–Trinajstić information content (AvgIpc) is 2.92. The Hall–Kier alpha value is -1.66. The van der Waals surface area contributed by atoms with E-state index in [-0.39, 0.29) is 18.7 Å². The minimum absolute atomic E-state index is 0.00494. The molecule has 1 heterocycles. The van der Waals surface area contributed by atoms with Gasteiger partial charge in [-0.15, -0.1) is 0 Å². The van der Waals surface area contributed by atoms with Gasteiger partial charge in [-0.1, -0.05) is 12.1 Å². The van der Waals surface area contributed by atoms with Gasteiger partial charge in [0.1, 0.15) is 0 Å². The number of urea groups is 1. The second kappa shape index (κ2) is 8.84. The quantitative estimate of drug-likeness (QED) is 0.598. The van der Waals surface area contributed by atoms with Gasteiger partial charge in [0, 0.05) is 42.0 Å². The zero-order chi connectivity index (χ0) is 16.7. The highest BCUT2D eigenvalue weighted by molar-refractivity contribution is 7.98. The normalized spacial score (nSPS) is 12.3. The maximum atomic E-state index is 11.9. The number of rotatable bonds is 8. The Morgan fingerprint density at radius 2 is 2.26 bits per heavy atom. The molecule has 0 aliphatic carbocycles. The van der Waals surface area contributed by atoms with Crippen LogP contribution in [0.25, 0.3) is 10.9 Å². The monoisotopic (exact) mass is 335 g/mol. The molecule has 0 saturated carbocycles. The molecule has 0 radical (unpaired) electrons. The number of carbonyl (C=O) groups excluding carboxylic acids is 1. The zero-order valence-corrected chi connectivity index (χ0v) is 14.5. The Morgan fingerprint density at radius 1 is 1.43 bits per heavy atom. The van der Waals surface area contributed by atoms with Gasteiger partial charge in [0.25, 0.3) is 0 Å². The summed E-state index contributed by atoms with van der Waals surface area (Å²) >= 11 is 1.66. The van der Waals surface area contributed by atoms with Crippen molar-refractivity contribution in [2.24, 2.45) is 0 Å². The molecule has 1 unspecified atom stereocenters. The second-order valence-corrected chi connectivity index (χ2v) is 6.54. The lowest BCUT2D eigenvalue weighted by atomic mass is 10.1. The van der Waals surface area contributed by atoms with Crippen molar-refractivity contribution in [1.82, 2.24) is 15.6 Å². The van der Waals surface area contributed by atoms with Crippen molar-refractivity contribution in [2.75, 3.05) is 25.2 Å². The van der Waals surface area contributed by atoms with Gasteiger partial charge in [0.05, 0.1) is 0 Å². The van der Waals surface area contributed by atoms with E-state index in [9.17, 15) is 4.79 Å². The van der Waals surface area contributed by atoms with Crippen LogP contribution in [0.2, 0.25) is 0 Å². The molecular formula is C17H25N3O2S. The topological polar surface area (TPSA) is 77.2 Å². The molecule has 0 aliphatic heterocycles. The summed E-state index contributed by atoms with van der Waals surface area (Å²) in [7, 11) is 0. The molecule has 0 fully saturated rings. The fourth-order valence-corrected chi connectivity index (χ4v) is 3.40. The van der Waals surface area contributed by atoms with Gasteiger partial charge in [-0.3, -0.25) is 0 Å². The first-order valence-corrected chi connectivity index (χ1v) is 9.24. The third-order valence-corrected chi connectivity index (χ3v) is 4.59. The third-order valence-electron chi connectivity index (χ3n) is 3.86. The highest BCUT2D eigenvalue weighted by Gasteiger charge is 2.11. The number of aliphatic hydroxyl groups is 1. The first kappa shape index (κ1) is 17.7. The number of benzene rings is 1. The number of aromatic nitrogens is 1. The molecule has 23 heavy (non-hydrogen) atoms. The number of amides is 2. The zero-order valence-electron chi connectivity index (χ0n) is 13.7. The fourth-order valence-electron chi connectivity index (χ4n) is 2.75. The number of hydrogen-bond acceptors (Lipinski definition) is 3. The van der Waals surface area contributed by atoms with E-state index in [0.29, 0.717) is 13.0 Å².